The van der Waals surface area contributed by atoms with Crippen LogP contribution in [0.2, 0.25) is 5.02 Å². The predicted octanol–water partition coefficient (Wildman–Crippen LogP) is 5.10. The molecule has 0 amide bonds. The van der Waals surface area contributed by atoms with Gasteiger partial charge in [-0.15, -0.1) is 0 Å². The molecule has 0 N–H and O–H groups in total. The number of imidazole rings is 1. The van der Waals surface area contributed by atoms with Crippen LogP contribution >= 0.6 is 11.6 Å². The lowest BCUT2D eigenvalue weighted by Gasteiger charge is -2.54. The smallest absolute Gasteiger partial charge is 0.339 e. The number of benzene rings is 2. The van der Waals surface area contributed by atoms with Crippen LogP contribution in [0, 0.1) is 17.1 Å². The average Bonchev–Trinajstić information content (AvgIpc) is 3.36. The van der Waals surface area contributed by atoms with Gasteiger partial charge in [0.05, 0.1) is 59.6 Å². The van der Waals surface area contributed by atoms with Crippen LogP contribution in [0.15, 0.2) is 48.5 Å². The lowest BCUT2D eigenvalue weighted by Crippen LogP contribution is -2.64. The molecule has 0 spiro atoms. The number of ether oxygens (including phenoxy) is 3. The van der Waals surface area contributed by atoms with E-state index < -0.39 is 11.8 Å². The first-order chi connectivity index (χ1) is 21.9. The molecule has 1 aliphatic carbocycles. The zero-order chi connectivity index (χ0) is 31.1. The van der Waals surface area contributed by atoms with E-state index in [2.05, 4.69) is 14.4 Å². The van der Waals surface area contributed by atoms with Gasteiger partial charge in [-0.1, -0.05) is 23.7 Å². The van der Waals surface area contributed by atoms with Crippen molar-refractivity contribution in [1.29, 1.82) is 5.26 Å². The Morgan fingerprint density at radius 3 is 2.69 bits per heavy atom. The van der Waals surface area contributed by atoms with E-state index in [1.54, 1.807) is 24.3 Å². The molecule has 3 fully saturated rings. The number of hydrogen-bond donors (Lipinski definition) is 0. The van der Waals surface area contributed by atoms with Gasteiger partial charge >= 0.3 is 5.97 Å². The number of halogens is 2. The predicted molar refractivity (Wildman–Crippen MR) is 165 cm³/mol. The molecule has 2 aromatic carbocycles. The first-order valence-electron chi connectivity index (χ1n) is 15.1. The van der Waals surface area contributed by atoms with E-state index in [1.807, 2.05) is 24.3 Å². The summed E-state index contributed by atoms with van der Waals surface area (Å²) in [5, 5.41) is 9.33. The van der Waals surface area contributed by atoms with Crippen molar-refractivity contribution in [2.45, 2.75) is 57.1 Å². The zero-order valence-electron chi connectivity index (χ0n) is 24.8. The maximum absolute atomic E-state index is 14.4. The number of hydrogen-bond acceptors (Lipinski definition) is 9. The number of pyridine rings is 1. The lowest BCUT2D eigenvalue weighted by atomic mass is 9.81. The molecule has 2 saturated heterocycles. The molecule has 7 rings (SSSR count). The van der Waals surface area contributed by atoms with Crippen LogP contribution in [0.5, 0.6) is 5.88 Å². The van der Waals surface area contributed by atoms with Crippen molar-refractivity contribution in [3.8, 4) is 11.9 Å². The first kappa shape index (κ1) is 29.5. The number of anilines is 1. The molecule has 45 heavy (non-hydrogen) atoms. The van der Waals surface area contributed by atoms with Crippen molar-refractivity contribution in [3.05, 3.63) is 81.9 Å². The summed E-state index contributed by atoms with van der Waals surface area (Å²) in [6.07, 6.45) is 3.16. The van der Waals surface area contributed by atoms with Gasteiger partial charge in [0.1, 0.15) is 24.1 Å². The second kappa shape index (κ2) is 12.3. The second-order valence-electron chi connectivity index (χ2n) is 11.6. The molecule has 232 valence electrons. The fraction of sp³-hybridized carbons (Fsp3) is 0.394. The number of carbonyl (C=O) groups excluding carboxylic acids is 1. The summed E-state index contributed by atoms with van der Waals surface area (Å²) in [7, 11) is 1.35. The van der Waals surface area contributed by atoms with Crippen molar-refractivity contribution in [1.82, 2.24) is 19.4 Å². The highest BCUT2D eigenvalue weighted by Gasteiger charge is 2.44. The fourth-order valence-corrected chi connectivity index (χ4v) is 6.80. The molecule has 4 heterocycles. The minimum Gasteiger partial charge on any atom is -0.473 e. The highest BCUT2D eigenvalue weighted by Crippen LogP contribution is 2.38. The Hall–Kier alpha value is -4.24. The van der Waals surface area contributed by atoms with Gasteiger partial charge in [-0.3, -0.25) is 4.90 Å². The molecule has 3 aliphatic rings. The summed E-state index contributed by atoms with van der Waals surface area (Å²) in [4.78, 5) is 26.9. The van der Waals surface area contributed by atoms with Gasteiger partial charge in [0.25, 0.3) is 0 Å². The number of aromatic nitrogens is 3. The molecule has 1 saturated carbocycles. The Labute approximate surface area is 264 Å². The molecule has 10 nitrogen and oxygen atoms in total. The molecule has 12 heteroatoms. The van der Waals surface area contributed by atoms with E-state index in [0.717, 1.165) is 61.6 Å². The minimum absolute atomic E-state index is 0.0197. The Kier molecular flexibility index (Phi) is 8.04. The van der Waals surface area contributed by atoms with Crippen molar-refractivity contribution >= 4 is 34.4 Å². The van der Waals surface area contributed by atoms with Crippen molar-refractivity contribution in [2.24, 2.45) is 0 Å². The third kappa shape index (κ3) is 5.58. The molecule has 2 aliphatic heterocycles. The van der Waals surface area contributed by atoms with Crippen LogP contribution in [0.25, 0.3) is 11.0 Å². The van der Waals surface area contributed by atoms with Crippen molar-refractivity contribution in [3.63, 3.8) is 0 Å². The standard InChI is InChI=1S/C33H32ClFN6O4/c1-43-33(42)23-7-8-25-32(31(23)34)41(17-22-11-14-44-22)29(37-25)18-39-12-13-40(27-10-9-26(27)39)28-3-2-4-30(38-28)45-19-21-6-5-20(16-36)15-24(21)35/h2-8,15,22,26-27H,9-14,17-19H2,1H3/t22-,26-,27+/m1/s1. The average molecular weight is 631 g/mol. The van der Waals surface area contributed by atoms with E-state index >= 15 is 0 Å². The number of nitriles is 1. The molecular formula is C33H32ClFN6O4. The maximum Gasteiger partial charge on any atom is 0.339 e. The quantitative estimate of drug-likeness (QED) is 0.234. The summed E-state index contributed by atoms with van der Waals surface area (Å²) >= 11 is 6.79. The van der Waals surface area contributed by atoms with Crippen LogP contribution in [0.4, 0.5) is 10.2 Å². The van der Waals surface area contributed by atoms with Crippen LogP contribution in [-0.4, -0.2) is 70.4 Å². The SMILES string of the molecule is COC(=O)c1ccc2nc(CN3CCN(c4cccc(OCc5ccc(C#N)cc5F)n4)[C@H]4CC[C@H]43)n(C[C@H]3CCO3)c2c1Cl. The molecule has 0 radical (unpaired) electrons. The third-order valence-electron chi connectivity index (χ3n) is 9.12. The third-order valence-corrected chi connectivity index (χ3v) is 9.50. The number of piperazine rings is 1. The summed E-state index contributed by atoms with van der Waals surface area (Å²) in [6, 6.07) is 16.1. The molecule has 0 unspecified atom stereocenters. The summed E-state index contributed by atoms with van der Waals surface area (Å²) in [6.45, 7) is 3.62. The zero-order valence-corrected chi connectivity index (χ0v) is 25.5. The topological polar surface area (TPSA) is 106 Å². The van der Waals surface area contributed by atoms with E-state index in [0.29, 0.717) is 47.2 Å². The number of carbonyl (C=O) groups is 1. The summed E-state index contributed by atoms with van der Waals surface area (Å²) in [5.74, 6) is 1.20. The number of nitrogens with zero attached hydrogens (tertiary/aromatic N) is 6. The largest absolute Gasteiger partial charge is 0.473 e. The second-order valence-corrected chi connectivity index (χ2v) is 12.0. The normalized spacial score (nSPS) is 21.0. The number of rotatable bonds is 9. The van der Waals surface area contributed by atoms with E-state index in [4.69, 9.17) is 41.0 Å². The fourth-order valence-electron chi connectivity index (χ4n) is 6.46. The highest BCUT2D eigenvalue weighted by atomic mass is 35.5. The highest BCUT2D eigenvalue weighted by molar-refractivity contribution is 6.38. The van der Waals surface area contributed by atoms with E-state index in [1.165, 1.54) is 13.2 Å². The molecule has 3 atom stereocenters. The van der Waals surface area contributed by atoms with Crippen LogP contribution in [-0.2, 0) is 29.2 Å². The minimum atomic E-state index is -0.478. The summed E-state index contributed by atoms with van der Waals surface area (Å²) < 4.78 is 33.0. The number of esters is 1. The van der Waals surface area contributed by atoms with Crippen LogP contribution in [0.3, 0.4) is 0 Å². The van der Waals surface area contributed by atoms with E-state index in [9.17, 15) is 9.18 Å². The van der Waals surface area contributed by atoms with Gasteiger partial charge in [-0.05, 0) is 49.6 Å². The molecule has 4 aromatic rings. The van der Waals surface area contributed by atoms with Crippen molar-refractivity contribution in [2.75, 3.05) is 31.7 Å². The van der Waals surface area contributed by atoms with Gasteiger partial charge in [0.15, 0.2) is 0 Å². The van der Waals surface area contributed by atoms with Crippen LogP contribution < -0.4 is 9.64 Å². The number of methoxy groups -OCH3 is 1. The summed E-state index contributed by atoms with van der Waals surface area (Å²) in [5.41, 5.74) is 2.43. The molecule has 2 aromatic heterocycles. The Morgan fingerprint density at radius 2 is 1.98 bits per heavy atom. The maximum atomic E-state index is 14.4. The monoisotopic (exact) mass is 630 g/mol. The Bertz CT molecular complexity index is 1800. The molecular weight excluding hydrogens is 599 g/mol. The van der Waals surface area contributed by atoms with Gasteiger partial charge in [0, 0.05) is 43.4 Å². The van der Waals surface area contributed by atoms with Crippen molar-refractivity contribution < 1.29 is 23.4 Å². The first-order valence-corrected chi connectivity index (χ1v) is 15.5. The number of fused-ring (bicyclic) bond motifs is 2. The molecule has 0 bridgehead atoms. The Balaban J connectivity index is 1.08. The van der Waals surface area contributed by atoms with Gasteiger partial charge < -0.3 is 23.7 Å². The van der Waals surface area contributed by atoms with Gasteiger partial charge in [-0.25, -0.2) is 14.2 Å². The van der Waals surface area contributed by atoms with E-state index in [-0.39, 0.29) is 18.3 Å². The Morgan fingerprint density at radius 1 is 1.13 bits per heavy atom. The van der Waals surface area contributed by atoms with Crippen LogP contribution in [0.1, 0.15) is 46.6 Å². The lowest BCUT2D eigenvalue weighted by molar-refractivity contribution is -0.0594. The van der Waals surface area contributed by atoms with Gasteiger partial charge in [0.2, 0.25) is 5.88 Å². The van der Waals surface area contributed by atoms with Gasteiger partial charge in [-0.2, -0.15) is 10.2 Å².